The first-order chi connectivity index (χ1) is 14.4. The number of hydrogen-bond acceptors (Lipinski definition) is 6. The van der Waals surface area contributed by atoms with E-state index in [-0.39, 0.29) is 5.57 Å². The Bertz CT molecular complexity index is 972. The number of Topliss-reactive ketones (excluding diaryl/α,β-unsaturated/α-hetero) is 1. The number of pyridine rings is 1. The molecule has 1 saturated heterocycles. The van der Waals surface area contributed by atoms with Crippen molar-refractivity contribution in [3.63, 3.8) is 0 Å². The van der Waals surface area contributed by atoms with Gasteiger partial charge in [-0.2, -0.15) is 0 Å². The predicted molar refractivity (Wildman–Crippen MR) is 108 cm³/mol. The van der Waals surface area contributed by atoms with Gasteiger partial charge in [-0.15, -0.1) is 0 Å². The summed E-state index contributed by atoms with van der Waals surface area (Å²) in [6.45, 7) is 0.920. The topological polar surface area (TPSA) is 96.2 Å². The van der Waals surface area contributed by atoms with E-state index in [0.29, 0.717) is 35.7 Å². The molecule has 0 bridgehead atoms. The minimum atomic E-state index is -0.866. The lowest BCUT2D eigenvalue weighted by Gasteiger charge is -2.29. The molecule has 0 aliphatic carbocycles. The molecule has 1 N–H and O–H groups in total. The van der Waals surface area contributed by atoms with Crippen LogP contribution in [0.2, 0.25) is 0 Å². The number of nitrogens with zero attached hydrogens (tertiary/aromatic N) is 2. The first-order valence-corrected chi connectivity index (χ1v) is 9.57. The van der Waals surface area contributed by atoms with Crippen LogP contribution in [-0.4, -0.2) is 63.0 Å². The summed E-state index contributed by atoms with van der Waals surface area (Å²) in [6, 6.07) is 7.40. The Morgan fingerprint density at radius 3 is 2.43 bits per heavy atom. The molecule has 1 aromatic carbocycles. The maximum atomic E-state index is 13.3. The van der Waals surface area contributed by atoms with Crippen molar-refractivity contribution in [2.75, 3.05) is 41.4 Å². The number of likely N-dealkylation sites (N-methyl/N-ethyl adjacent to an activating group) is 1. The largest absolute Gasteiger partial charge is 0.872 e. The fraction of sp³-hybridized carbons (Fsp3) is 0.318. The summed E-state index contributed by atoms with van der Waals surface area (Å²) in [4.78, 5) is 32.4. The number of benzene rings is 1. The summed E-state index contributed by atoms with van der Waals surface area (Å²) in [7, 11) is 6.90. The number of nitrogens with one attached hydrogen (secondary N) is 1. The third-order valence-electron chi connectivity index (χ3n) is 5.05. The number of carbonyl (C=O) groups is 2. The van der Waals surface area contributed by atoms with E-state index in [1.165, 1.54) is 43.6 Å². The standard InChI is InChI=1S/C22H25N3O5/c1-24(2)12-13-25-18(15-6-5-7-16(29-3)21(15)30-4)17(20(27)22(25)28)19(26)14-8-10-23-11-9-14/h5-11,18,26H,12-13H2,1-4H3. The zero-order valence-corrected chi connectivity index (χ0v) is 17.5. The van der Waals surface area contributed by atoms with E-state index < -0.39 is 23.5 Å². The van der Waals surface area contributed by atoms with Crippen LogP contribution in [-0.2, 0) is 9.59 Å². The van der Waals surface area contributed by atoms with Gasteiger partial charge in [0, 0.05) is 23.5 Å². The molecule has 1 aromatic heterocycles. The maximum Gasteiger partial charge on any atom is 0.295 e. The van der Waals surface area contributed by atoms with Gasteiger partial charge < -0.3 is 24.4 Å². The van der Waals surface area contributed by atoms with E-state index in [9.17, 15) is 14.7 Å². The SMILES string of the molecule is COc1cccc(C2C(=C([O-])c3ccncc3)C(=O)C(=O)N2CC[NH+](C)C)c1OC. The molecule has 1 aliphatic rings. The molecule has 0 radical (unpaired) electrons. The Balaban J connectivity index is 2.23. The number of methoxy groups -OCH3 is 2. The smallest absolute Gasteiger partial charge is 0.295 e. The number of rotatable bonds is 7. The van der Waals surface area contributed by atoms with Crippen LogP contribution >= 0.6 is 0 Å². The van der Waals surface area contributed by atoms with Crippen LogP contribution in [0.25, 0.3) is 5.76 Å². The molecule has 0 saturated carbocycles. The van der Waals surface area contributed by atoms with Crippen molar-refractivity contribution < 1.29 is 29.1 Å². The average molecular weight is 411 g/mol. The third kappa shape index (κ3) is 3.86. The molecule has 1 aliphatic heterocycles. The highest BCUT2D eigenvalue weighted by molar-refractivity contribution is 6.46. The van der Waals surface area contributed by atoms with E-state index in [1.54, 1.807) is 18.2 Å². The van der Waals surface area contributed by atoms with Crippen LogP contribution in [0.5, 0.6) is 11.5 Å². The lowest BCUT2D eigenvalue weighted by atomic mass is 9.94. The second kappa shape index (κ2) is 8.96. The Hall–Kier alpha value is -3.39. The van der Waals surface area contributed by atoms with Crippen molar-refractivity contribution in [1.29, 1.82) is 0 Å². The van der Waals surface area contributed by atoms with Gasteiger partial charge in [-0.05, 0) is 23.8 Å². The predicted octanol–water partition coefficient (Wildman–Crippen LogP) is -0.533. The second-order valence-corrected chi connectivity index (χ2v) is 7.25. The molecule has 3 rings (SSSR count). The first-order valence-electron chi connectivity index (χ1n) is 9.57. The van der Waals surface area contributed by atoms with Crippen LogP contribution < -0.4 is 19.5 Å². The molecule has 1 amide bonds. The molecular formula is C22H25N3O5. The Morgan fingerprint density at radius 1 is 1.13 bits per heavy atom. The van der Waals surface area contributed by atoms with Crippen molar-refractivity contribution in [2.45, 2.75) is 6.04 Å². The monoisotopic (exact) mass is 411 g/mol. The van der Waals surface area contributed by atoms with Crippen molar-refractivity contribution in [1.82, 2.24) is 9.88 Å². The minimum Gasteiger partial charge on any atom is -0.872 e. The Kier molecular flexibility index (Phi) is 6.37. The van der Waals surface area contributed by atoms with Gasteiger partial charge in [0.1, 0.15) is 0 Å². The summed E-state index contributed by atoms with van der Waals surface area (Å²) in [5.41, 5.74) is 0.738. The van der Waals surface area contributed by atoms with Gasteiger partial charge in [-0.1, -0.05) is 17.9 Å². The molecule has 1 fully saturated rings. The third-order valence-corrected chi connectivity index (χ3v) is 5.05. The van der Waals surface area contributed by atoms with Gasteiger partial charge in [0.05, 0.1) is 47.4 Å². The summed E-state index contributed by atoms with van der Waals surface area (Å²) < 4.78 is 10.9. The highest BCUT2D eigenvalue weighted by atomic mass is 16.5. The highest BCUT2D eigenvalue weighted by Crippen LogP contribution is 2.44. The number of aromatic nitrogens is 1. The summed E-state index contributed by atoms with van der Waals surface area (Å²) in [5, 5.41) is 13.3. The average Bonchev–Trinajstić information content (AvgIpc) is 3.01. The molecule has 2 aromatic rings. The van der Waals surface area contributed by atoms with E-state index in [2.05, 4.69) is 4.98 Å². The lowest BCUT2D eigenvalue weighted by molar-refractivity contribution is -0.857. The number of para-hydroxylation sites is 1. The Labute approximate surface area is 175 Å². The van der Waals surface area contributed by atoms with Crippen molar-refractivity contribution >= 4 is 17.4 Å². The molecule has 8 heteroatoms. The van der Waals surface area contributed by atoms with Crippen LogP contribution in [0, 0.1) is 0 Å². The number of hydrogen-bond donors (Lipinski definition) is 1. The van der Waals surface area contributed by atoms with Gasteiger partial charge in [0.25, 0.3) is 5.91 Å². The second-order valence-electron chi connectivity index (χ2n) is 7.25. The van der Waals surface area contributed by atoms with Crippen LogP contribution in [0.3, 0.4) is 0 Å². The summed E-state index contributed by atoms with van der Waals surface area (Å²) in [6.07, 6.45) is 2.95. The molecule has 158 valence electrons. The van der Waals surface area contributed by atoms with E-state index >= 15 is 0 Å². The van der Waals surface area contributed by atoms with E-state index in [4.69, 9.17) is 9.47 Å². The number of ketones is 1. The van der Waals surface area contributed by atoms with Gasteiger partial charge in [0.2, 0.25) is 5.78 Å². The van der Waals surface area contributed by atoms with E-state index in [0.717, 1.165) is 4.90 Å². The highest BCUT2D eigenvalue weighted by Gasteiger charge is 2.45. The molecule has 2 heterocycles. The van der Waals surface area contributed by atoms with Crippen molar-refractivity contribution in [3.8, 4) is 11.5 Å². The molecule has 1 unspecified atom stereocenters. The molecule has 30 heavy (non-hydrogen) atoms. The van der Waals surface area contributed by atoms with Crippen molar-refractivity contribution in [2.24, 2.45) is 0 Å². The van der Waals surface area contributed by atoms with Crippen LogP contribution in [0.4, 0.5) is 0 Å². The number of quaternary nitrogens is 1. The van der Waals surface area contributed by atoms with Gasteiger partial charge in [-0.25, -0.2) is 0 Å². The van der Waals surface area contributed by atoms with Crippen LogP contribution in [0.1, 0.15) is 17.2 Å². The molecular weight excluding hydrogens is 386 g/mol. The maximum absolute atomic E-state index is 13.3. The zero-order chi connectivity index (χ0) is 21.8. The molecule has 0 spiro atoms. The van der Waals surface area contributed by atoms with Crippen LogP contribution in [0.15, 0.2) is 48.3 Å². The number of amides is 1. The van der Waals surface area contributed by atoms with Gasteiger partial charge in [0.15, 0.2) is 11.5 Å². The number of ether oxygens (including phenoxy) is 2. The summed E-state index contributed by atoms with van der Waals surface area (Å²) >= 11 is 0. The minimum absolute atomic E-state index is 0.0912. The molecule has 8 nitrogen and oxygen atoms in total. The first kappa shape index (κ1) is 21.3. The lowest BCUT2D eigenvalue weighted by Crippen LogP contribution is -3.06. The number of likely N-dealkylation sites (tertiary alicyclic amines) is 1. The Morgan fingerprint density at radius 2 is 1.83 bits per heavy atom. The normalized spacial score (nSPS) is 18.2. The quantitative estimate of drug-likeness (QED) is 0.374. The fourth-order valence-electron chi connectivity index (χ4n) is 3.55. The zero-order valence-electron chi connectivity index (χ0n) is 17.5. The van der Waals surface area contributed by atoms with E-state index in [1.807, 2.05) is 14.1 Å². The molecule has 1 atom stereocenters. The van der Waals surface area contributed by atoms with Gasteiger partial charge in [-0.3, -0.25) is 14.6 Å². The summed E-state index contributed by atoms with van der Waals surface area (Å²) in [5.74, 6) is -1.14. The van der Waals surface area contributed by atoms with Gasteiger partial charge >= 0.3 is 0 Å². The van der Waals surface area contributed by atoms with Crippen molar-refractivity contribution in [3.05, 3.63) is 59.4 Å². The number of carbonyl (C=O) groups excluding carboxylic acids is 2. The fourth-order valence-corrected chi connectivity index (χ4v) is 3.55.